The standard InChI is InChI=1S/C78H122N6O2S5/c1-9-13-17-21-25-29-31-35-39-43-47-59(45-41-37-33-27-23-19-15-11-3)57-83-71(65-55-81-73(90-65)63-50-49-61(87-63)62-51-53-67(88-62)77(5,6)79)69-70(76(83)86)72(66-56-82-74(91-66)64-52-54-68(89-64)78(7,8)80)84(75(69)85)58-60(46-42-38-34-28-24-20-16-12-4)48-44-40-36-32-30-26-22-18-14-10-2/h49-56,59-60H,9-48,57-58,79-80H2,1-8H3. The molecule has 5 aromatic heterocycles. The number of rotatable bonds is 51. The highest BCUT2D eigenvalue weighted by Crippen LogP contribution is 2.51. The normalized spacial score (nSPS) is 14.6. The van der Waals surface area contributed by atoms with Crippen molar-refractivity contribution in [1.29, 1.82) is 0 Å². The molecule has 91 heavy (non-hydrogen) atoms. The maximum absolute atomic E-state index is 16.3. The van der Waals surface area contributed by atoms with E-state index >= 15 is 9.59 Å². The first-order valence-corrected chi connectivity index (χ1v) is 41.2. The van der Waals surface area contributed by atoms with Gasteiger partial charge in [0.1, 0.15) is 10.0 Å². The van der Waals surface area contributed by atoms with Crippen LogP contribution in [0, 0.1) is 11.8 Å². The topological polar surface area (TPSA) is 118 Å². The number of aromatic nitrogens is 2. The molecule has 8 nitrogen and oxygen atoms in total. The minimum atomic E-state index is -0.478. The Kier molecular flexibility index (Phi) is 33.3. The summed E-state index contributed by atoms with van der Waals surface area (Å²) >= 11 is 8.45. The summed E-state index contributed by atoms with van der Waals surface area (Å²) in [4.78, 5) is 55.7. The fourth-order valence-corrected chi connectivity index (χ4v) is 18.8. The van der Waals surface area contributed by atoms with E-state index in [9.17, 15) is 0 Å². The van der Waals surface area contributed by atoms with E-state index in [1.54, 1.807) is 56.7 Å². The van der Waals surface area contributed by atoms with Gasteiger partial charge in [-0.3, -0.25) is 9.59 Å². The van der Waals surface area contributed by atoms with Crippen LogP contribution in [0.5, 0.6) is 0 Å². The van der Waals surface area contributed by atoms with Gasteiger partial charge in [-0.25, -0.2) is 9.97 Å². The molecule has 0 fully saturated rings. The molecule has 4 N–H and O–H groups in total. The smallest absolute Gasteiger partial charge is 0.261 e. The second-order valence-corrected chi connectivity index (χ2v) is 33.8. The van der Waals surface area contributed by atoms with Crippen molar-refractivity contribution in [1.82, 2.24) is 19.8 Å². The largest absolute Gasteiger partial charge is 0.321 e. The summed E-state index contributed by atoms with van der Waals surface area (Å²) in [5, 5.41) is 1.81. The second-order valence-electron chi connectivity index (χ2n) is 28.5. The zero-order valence-corrected chi connectivity index (χ0v) is 62.4. The predicted molar refractivity (Wildman–Crippen MR) is 400 cm³/mol. The second kappa shape index (κ2) is 40.3. The summed E-state index contributed by atoms with van der Waals surface area (Å²) in [6, 6.07) is 13.0. The first-order chi connectivity index (χ1) is 44.2. The van der Waals surface area contributed by atoms with Crippen molar-refractivity contribution in [2.75, 3.05) is 13.1 Å². The summed E-state index contributed by atoms with van der Waals surface area (Å²) in [7, 11) is 0. The number of carbonyl (C=O) groups is 2. The number of carbonyl (C=O) groups excluding carboxylic acids is 2. The lowest BCUT2D eigenvalue weighted by atomic mass is 9.93. The maximum atomic E-state index is 16.3. The van der Waals surface area contributed by atoms with Crippen molar-refractivity contribution in [3.63, 3.8) is 0 Å². The number of fused-ring (bicyclic) bond motifs is 1. The van der Waals surface area contributed by atoms with Gasteiger partial charge >= 0.3 is 0 Å². The molecule has 0 radical (unpaired) electrons. The molecule has 0 saturated heterocycles. The molecular formula is C78H122N6O2S5. The molecule has 2 unspecified atom stereocenters. The van der Waals surface area contributed by atoms with Gasteiger partial charge < -0.3 is 21.3 Å². The number of hydrogen-bond acceptors (Lipinski definition) is 11. The average Bonchev–Trinajstić information content (AvgIpc) is 1.55. The number of nitrogens with zero attached hydrogens (tertiary/aromatic N) is 4. The predicted octanol–water partition coefficient (Wildman–Crippen LogP) is 24.9. The number of amides is 2. The van der Waals surface area contributed by atoms with Crippen LogP contribution in [0.1, 0.15) is 332 Å². The number of thiazole rings is 2. The zero-order valence-electron chi connectivity index (χ0n) is 58.3. The van der Waals surface area contributed by atoms with Gasteiger partial charge in [-0.1, -0.05) is 259 Å². The highest BCUT2D eigenvalue weighted by molar-refractivity contribution is 7.26. The third-order valence-corrected chi connectivity index (χ3v) is 25.6. The van der Waals surface area contributed by atoms with Crippen molar-refractivity contribution in [3.8, 4) is 29.5 Å². The third kappa shape index (κ3) is 23.8. The monoisotopic (exact) mass is 1330 g/mol. The van der Waals surface area contributed by atoms with Gasteiger partial charge in [-0.15, -0.1) is 56.7 Å². The minimum Gasteiger partial charge on any atom is -0.321 e. The first kappa shape index (κ1) is 75.1. The van der Waals surface area contributed by atoms with Crippen molar-refractivity contribution in [2.24, 2.45) is 23.3 Å². The molecule has 0 saturated carbocycles. The van der Waals surface area contributed by atoms with E-state index in [1.165, 1.54) is 241 Å². The fraction of sp³-hybridized carbons (Fsp3) is 0.692. The Labute approximate surface area is 573 Å². The van der Waals surface area contributed by atoms with E-state index in [1.807, 2.05) is 12.4 Å². The minimum absolute atomic E-state index is 0.0305. The molecular weight excluding hydrogens is 1210 g/mol. The molecule has 0 bridgehead atoms. The van der Waals surface area contributed by atoms with E-state index in [-0.39, 0.29) is 11.8 Å². The molecule has 2 amide bonds. The van der Waals surface area contributed by atoms with Gasteiger partial charge in [-0.05, 0) is 102 Å². The number of thiophene rings is 3. The number of nitrogens with two attached hydrogens (primary N) is 2. The van der Waals surface area contributed by atoms with Gasteiger partial charge in [0, 0.05) is 56.1 Å². The van der Waals surface area contributed by atoms with Crippen LogP contribution in [0.3, 0.4) is 0 Å². The van der Waals surface area contributed by atoms with Gasteiger partial charge in [0.2, 0.25) is 0 Å². The van der Waals surface area contributed by atoms with Crippen molar-refractivity contribution >= 4 is 79.9 Å². The lowest BCUT2D eigenvalue weighted by Crippen LogP contribution is -2.34. The maximum Gasteiger partial charge on any atom is 0.261 e. The number of hydrogen-bond donors (Lipinski definition) is 2. The van der Waals surface area contributed by atoms with Crippen LogP contribution in [-0.2, 0) is 20.7 Å². The van der Waals surface area contributed by atoms with Crippen molar-refractivity contribution < 1.29 is 9.59 Å². The molecule has 7 rings (SSSR count). The fourth-order valence-electron chi connectivity index (χ4n) is 13.6. The lowest BCUT2D eigenvalue weighted by Gasteiger charge is -2.29. The Balaban J connectivity index is 1.26. The highest BCUT2D eigenvalue weighted by atomic mass is 32.1. The molecule has 7 heterocycles. The molecule has 13 heteroatoms. The van der Waals surface area contributed by atoms with E-state index in [4.69, 9.17) is 21.4 Å². The molecule has 5 aromatic rings. The highest BCUT2D eigenvalue weighted by Gasteiger charge is 2.50. The van der Waals surface area contributed by atoms with E-state index in [2.05, 4.69) is 102 Å². The quantitative estimate of drug-likeness (QED) is 0.0375. The van der Waals surface area contributed by atoms with Crippen LogP contribution < -0.4 is 11.5 Å². The van der Waals surface area contributed by atoms with Crippen LogP contribution in [0.4, 0.5) is 0 Å². The molecule has 0 aliphatic carbocycles. The van der Waals surface area contributed by atoms with E-state index in [0.717, 1.165) is 76.4 Å². The molecule has 0 aromatic carbocycles. The number of unbranched alkanes of at least 4 members (excludes halogenated alkanes) is 32. The third-order valence-electron chi connectivity index (χ3n) is 19.2. The molecule has 0 spiro atoms. The summed E-state index contributed by atoms with van der Waals surface area (Å²) in [6.07, 6.45) is 54.8. The van der Waals surface area contributed by atoms with Crippen molar-refractivity contribution in [3.05, 3.63) is 79.4 Å². The van der Waals surface area contributed by atoms with Crippen LogP contribution in [0.15, 0.2) is 59.9 Å². The Bertz CT molecular complexity index is 2940. The SMILES string of the molecule is CCCCCCCCCCCCC(CCCCCCCCCC)CN1C(=O)C2=C(c3cnc(-c4ccc(C(C)(C)N)s4)s3)N(CC(CCCCCCCCCC)CCCCCCCCCCCC)C(=O)C2=C1c1cnc(-c2ccc(-c3ccc(C(C)(C)N)s3)s2)s1. The molecule has 506 valence electrons. The lowest BCUT2D eigenvalue weighted by molar-refractivity contribution is -0.124. The zero-order chi connectivity index (χ0) is 64.9. The first-order valence-electron chi connectivity index (χ1n) is 37.1. The molecule has 2 atom stereocenters. The van der Waals surface area contributed by atoms with E-state index in [0.29, 0.717) is 36.1 Å². The van der Waals surface area contributed by atoms with Gasteiger partial charge in [0.15, 0.2) is 0 Å². The van der Waals surface area contributed by atoms with Gasteiger partial charge in [0.05, 0.1) is 42.0 Å². The van der Waals surface area contributed by atoms with Crippen LogP contribution in [0.25, 0.3) is 40.9 Å². The summed E-state index contributed by atoms with van der Waals surface area (Å²) in [6.45, 7) is 18.6. The Morgan fingerprint density at radius 3 is 0.934 bits per heavy atom. The van der Waals surface area contributed by atoms with Gasteiger partial charge in [-0.2, -0.15) is 0 Å². The average molecular weight is 1340 g/mol. The van der Waals surface area contributed by atoms with Crippen LogP contribution in [0.2, 0.25) is 0 Å². The van der Waals surface area contributed by atoms with E-state index < -0.39 is 11.1 Å². The van der Waals surface area contributed by atoms with Crippen LogP contribution in [-0.4, -0.2) is 44.7 Å². The summed E-state index contributed by atoms with van der Waals surface area (Å²) in [5.41, 5.74) is 15.0. The summed E-state index contributed by atoms with van der Waals surface area (Å²) < 4.78 is 0. The summed E-state index contributed by atoms with van der Waals surface area (Å²) in [5.74, 6) is 0.572. The Morgan fingerprint density at radius 2 is 0.615 bits per heavy atom. The molecule has 2 aliphatic rings. The molecule has 2 aliphatic heterocycles. The Morgan fingerprint density at radius 1 is 0.352 bits per heavy atom. The van der Waals surface area contributed by atoms with Gasteiger partial charge in [0.25, 0.3) is 11.8 Å². The van der Waals surface area contributed by atoms with Crippen LogP contribution >= 0.6 is 56.7 Å². The van der Waals surface area contributed by atoms with Crippen molar-refractivity contribution in [2.45, 2.75) is 323 Å². The Hall–Kier alpha value is -3.30.